The van der Waals surface area contributed by atoms with Gasteiger partial charge in [-0.1, -0.05) is 51.4 Å². The van der Waals surface area contributed by atoms with Crippen LogP contribution in [-0.4, -0.2) is 30.6 Å². The number of anilines is 1. The Morgan fingerprint density at radius 3 is 2.59 bits per heavy atom. The first-order chi connectivity index (χ1) is 13.0. The van der Waals surface area contributed by atoms with Crippen molar-refractivity contribution in [2.24, 2.45) is 0 Å². The molecule has 0 spiro atoms. The minimum Gasteiger partial charge on any atom is -0.355 e. The maximum Gasteiger partial charge on any atom is 0.273 e. The van der Waals surface area contributed by atoms with Crippen LogP contribution in [0.5, 0.6) is 0 Å². The highest BCUT2D eigenvalue weighted by Crippen LogP contribution is 2.22. The summed E-state index contributed by atoms with van der Waals surface area (Å²) in [4.78, 5) is 26.1. The standard InChI is InChI=1S/C20H18BrN3O3/c1-13-10-15(8-9-16(13)21)24(2)19(25)12-22-20(26)17-11-18(27-23-17)14-6-4-3-5-7-14/h3-11H,12H2,1-2H3,(H,22,26). The second kappa shape index (κ2) is 8.18. The van der Waals surface area contributed by atoms with Crippen molar-refractivity contribution < 1.29 is 14.1 Å². The monoisotopic (exact) mass is 427 g/mol. The Labute approximate surface area is 165 Å². The number of nitrogens with one attached hydrogen (secondary N) is 1. The molecule has 1 N–H and O–H groups in total. The fourth-order valence-electron chi connectivity index (χ4n) is 2.47. The van der Waals surface area contributed by atoms with Crippen molar-refractivity contribution in [1.82, 2.24) is 10.5 Å². The number of carbonyl (C=O) groups excluding carboxylic acids is 2. The van der Waals surface area contributed by atoms with E-state index in [2.05, 4.69) is 26.4 Å². The first-order valence-electron chi connectivity index (χ1n) is 8.29. The predicted molar refractivity (Wildman–Crippen MR) is 107 cm³/mol. The highest BCUT2D eigenvalue weighted by molar-refractivity contribution is 9.10. The molecule has 0 saturated heterocycles. The molecule has 0 saturated carbocycles. The molecule has 27 heavy (non-hydrogen) atoms. The maximum atomic E-state index is 12.4. The summed E-state index contributed by atoms with van der Waals surface area (Å²) in [5.74, 6) is -0.207. The van der Waals surface area contributed by atoms with Gasteiger partial charge >= 0.3 is 0 Å². The lowest BCUT2D eigenvalue weighted by atomic mass is 10.1. The van der Waals surface area contributed by atoms with Gasteiger partial charge < -0.3 is 14.7 Å². The van der Waals surface area contributed by atoms with Crippen LogP contribution in [-0.2, 0) is 4.79 Å². The number of nitrogens with zero attached hydrogens (tertiary/aromatic N) is 2. The van der Waals surface area contributed by atoms with E-state index in [1.54, 1.807) is 13.1 Å². The van der Waals surface area contributed by atoms with E-state index in [-0.39, 0.29) is 18.1 Å². The van der Waals surface area contributed by atoms with Crippen LogP contribution >= 0.6 is 15.9 Å². The van der Waals surface area contributed by atoms with Crippen LogP contribution in [0.2, 0.25) is 0 Å². The quantitative estimate of drug-likeness (QED) is 0.671. The molecule has 0 bridgehead atoms. The van der Waals surface area contributed by atoms with E-state index in [1.165, 1.54) is 4.90 Å². The molecule has 2 aromatic carbocycles. The zero-order valence-corrected chi connectivity index (χ0v) is 16.5. The molecule has 0 aliphatic heterocycles. The molecular formula is C20H18BrN3O3. The van der Waals surface area contributed by atoms with Gasteiger partial charge in [-0.2, -0.15) is 0 Å². The number of hydrogen-bond acceptors (Lipinski definition) is 4. The van der Waals surface area contributed by atoms with Crippen LogP contribution < -0.4 is 10.2 Å². The second-order valence-electron chi connectivity index (χ2n) is 6.01. The lowest BCUT2D eigenvalue weighted by molar-refractivity contribution is -0.117. The number of carbonyl (C=O) groups is 2. The summed E-state index contributed by atoms with van der Waals surface area (Å²) in [6, 6.07) is 16.5. The molecule has 0 fully saturated rings. The van der Waals surface area contributed by atoms with E-state index in [0.29, 0.717) is 5.76 Å². The van der Waals surface area contributed by atoms with Gasteiger partial charge in [0.05, 0.1) is 6.54 Å². The Morgan fingerprint density at radius 1 is 1.15 bits per heavy atom. The number of rotatable bonds is 5. The molecular weight excluding hydrogens is 410 g/mol. The number of benzene rings is 2. The lowest BCUT2D eigenvalue weighted by Crippen LogP contribution is -2.38. The number of likely N-dealkylation sites (N-methyl/N-ethyl adjacent to an activating group) is 1. The number of aromatic nitrogens is 1. The molecule has 0 aliphatic rings. The van der Waals surface area contributed by atoms with E-state index in [0.717, 1.165) is 21.3 Å². The van der Waals surface area contributed by atoms with E-state index in [1.807, 2.05) is 55.5 Å². The fraction of sp³-hybridized carbons (Fsp3) is 0.150. The number of hydrogen-bond donors (Lipinski definition) is 1. The van der Waals surface area contributed by atoms with Gasteiger partial charge in [0.1, 0.15) is 0 Å². The molecule has 7 heteroatoms. The Balaban J connectivity index is 1.61. The van der Waals surface area contributed by atoms with Crippen molar-refractivity contribution in [1.29, 1.82) is 0 Å². The molecule has 2 amide bonds. The summed E-state index contributed by atoms with van der Waals surface area (Å²) in [7, 11) is 1.67. The van der Waals surface area contributed by atoms with Gasteiger partial charge in [0, 0.05) is 28.8 Å². The van der Waals surface area contributed by atoms with Crippen LogP contribution in [0, 0.1) is 6.92 Å². The SMILES string of the molecule is Cc1cc(N(C)C(=O)CNC(=O)c2cc(-c3ccccc3)on2)ccc1Br. The van der Waals surface area contributed by atoms with Crippen molar-refractivity contribution in [2.75, 3.05) is 18.5 Å². The minimum atomic E-state index is -0.463. The van der Waals surface area contributed by atoms with Crippen LogP contribution in [0.4, 0.5) is 5.69 Å². The van der Waals surface area contributed by atoms with Crippen LogP contribution in [0.25, 0.3) is 11.3 Å². The summed E-state index contributed by atoms with van der Waals surface area (Å²) in [6.07, 6.45) is 0. The van der Waals surface area contributed by atoms with E-state index in [4.69, 9.17) is 4.52 Å². The zero-order valence-electron chi connectivity index (χ0n) is 14.9. The van der Waals surface area contributed by atoms with E-state index in [9.17, 15) is 9.59 Å². The molecule has 3 aromatic rings. The van der Waals surface area contributed by atoms with Gasteiger partial charge in [0.25, 0.3) is 5.91 Å². The fourth-order valence-corrected chi connectivity index (χ4v) is 2.71. The van der Waals surface area contributed by atoms with Crippen molar-refractivity contribution >= 4 is 33.4 Å². The Morgan fingerprint density at radius 2 is 1.89 bits per heavy atom. The Kier molecular flexibility index (Phi) is 5.71. The van der Waals surface area contributed by atoms with Gasteiger partial charge in [-0.3, -0.25) is 9.59 Å². The van der Waals surface area contributed by atoms with Gasteiger partial charge in [0.15, 0.2) is 11.5 Å². The zero-order chi connectivity index (χ0) is 19.4. The van der Waals surface area contributed by atoms with Gasteiger partial charge in [-0.05, 0) is 30.7 Å². The molecule has 6 nitrogen and oxygen atoms in total. The second-order valence-corrected chi connectivity index (χ2v) is 6.87. The maximum absolute atomic E-state index is 12.4. The molecule has 1 heterocycles. The van der Waals surface area contributed by atoms with Crippen LogP contribution in [0.3, 0.4) is 0 Å². The van der Waals surface area contributed by atoms with Crippen molar-refractivity contribution in [3.63, 3.8) is 0 Å². The van der Waals surface area contributed by atoms with Crippen LogP contribution in [0.15, 0.2) is 63.6 Å². The minimum absolute atomic E-state index is 0.129. The molecule has 0 radical (unpaired) electrons. The average molecular weight is 428 g/mol. The topological polar surface area (TPSA) is 75.4 Å². The van der Waals surface area contributed by atoms with E-state index >= 15 is 0 Å². The third-order valence-electron chi connectivity index (χ3n) is 4.10. The third-order valence-corrected chi connectivity index (χ3v) is 4.99. The molecule has 0 aliphatic carbocycles. The largest absolute Gasteiger partial charge is 0.355 e. The van der Waals surface area contributed by atoms with Crippen molar-refractivity contribution in [3.05, 3.63) is 70.3 Å². The first-order valence-corrected chi connectivity index (χ1v) is 9.08. The van der Waals surface area contributed by atoms with Gasteiger partial charge in [0.2, 0.25) is 5.91 Å². The third kappa shape index (κ3) is 4.43. The molecule has 138 valence electrons. The molecule has 1 aromatic heterocycles. The molecule has 0 atom stereocenters. The smallest absolute Gasteiger partial charge is 0.273 e. The first kappa shape index (κ1) is 18.8. The highest BCUT2D eigenvalue weighted by Gasteiger charge is 2.17. The normalized spacial score (nSPS) is 10.5. The van der Waals surface area contributed by atoms with Gasteiger partial charge in [-0.15, -0.1) is 0 Å². The average Bonchev–Trinajstić information content (AvgIpc) is 3.18. The number of halogens is 1. The summed E-state index contributed by atoms with van der Waals surface area (Å²) < 4.78 is 6.18. The molecule has 0 unspecified atom stereocenters. The summed E-state index contributed by atoms with van der Waals surface area (Å²) in [5.41, 5.74) is 2.73. The van der Waals surface area contributed by atoms with Crippen molar-refractivity contribution in [3.8, 4) is 11.3 Å². The Bertz CT molecular complexity index is 970. The van der Waals surface area contributed by atoms with E-state index < -0.39 is 5.91 Å². The highest BCUT2D eigenvalue weighted by atomic mass is 79.9. The summed E-state index contributed by atoms with van der Waals surface area (Å²) in [6.45, 7) is 1.81. The number of aryl methyl sites for hydroxylation is 1. The molecule has 3 rings (SSSR count). The van der Waals surface area contributed by atoms with Crippen LogP contribution in [0.1, 0.15) is 16.1 Å². The lowest BCUT2D eigenvalue weighted by Gasteiger charge is -2.18. The van der Waals surface area contributed by atoms with Gasteiger partial charge in [-0.25, -0.2) is 0 Å². The summed E-state index contributed by atoms with van der Waals surface area (Å²) >= 11 is 3.43. The van der Waals surface area contributed by atoms with Crippen molar-refractivity contribution in [2.45, 2.75) is 6.92 Å². The Hall–Kier alpha value is -2.93. The predicted octanol–water partition coefficient (Wildman–Crippen LogP) is 3.81. The summed E-state index contributed by atoms with van der Waals surface area (Å²) in [5, 5.41) is 6.36. The number of amides is 2.